The molecule has 1 fully saturated rings. The van der Waals surface area contributed by atoms with Crippen molar-refractivity contribution in [3.63, 3.8) is 0 Å². The van der Waals surface area contributed by atoms with Gasteiger partial charge >= 0.3 is 0 Å². The first-order valence-electron chi connectivity index (χ1n) is 7.84. The lowest BCUT2D eigenvalue weighted by Gasteiger charge is -2.52. The molecule has 0 heterocycles. The van der Waals surface area contributed by atoms with Gasteiger partial charge in [-0.15, -0.1) is 0 Å². The number of carbonyl (C=O) groups excluding carboxylic acids is 2. The summed E-state index contributed by atoms with van der Waals surface area (Å²) in [7, 11) is 0. The minimum Gasteiger partial charge on any atom is -0.353 e. The van der Waals surface area contributed by atoms with Gasteiger partial charge < -0.3 is 10.6 Å². The number of nitrogens with one attached hydrogen (secondary N) is 2. The Kier molecular flexibility index (Phi) is 4.59. The lowest BCUT2D eigenvalue weighted by Crippen LogP contribution is -2.58. The molecular formula is C18H26N2O2. The zero-order chi connectivity index (χ0) is 16.5. The number of aryl methyl sites for hydroxylation is 2. The molecule has 1 aromatic rings. The SMILES string of the molecule is CC(=O)NC1CC(CC(=O)Nc2ccc(C)cc2C)C1(C)C. The molecular weight excluding hydrogens is 276 g/mol. The second kappa shape index (κ2) is 6.11. The summed E-state index contributed by atoms with van der Waals surface area (Å²) in [6.45, 7) is 9.81. The van der Waals surface area contributed by atoms with Gasteiger partial charge in [-0.1, -0.05) is 31.5 Å². The van der Waals surface area contributed by atoms with Crippen LogP contribution in [0.2, 0.25) is 0 Å². The smallest absolute Gasteiger partial charge is 0.224 e. The van der Waals surface area contributed by atoms with Crippen LogP contribution in [0.5, 0.6) is 0 Å². The van der Waals surface area contributed by atoms with Gasteiger partial charge in [0.05, 0.1) is 0 Å². The Balaban J connectivity index is 1.92. The Morgan fingerprint density at radius 1 is 1.27 bits per heavy atom. The van der Waals surface area contributed by atoms with Crippen LogP contribution in [0.1, 0.15) is 44.7 Å². The van der Waals surface area contributed by atoms with Crippen molar-refractivity contribution in [2.24, 2.45) is 11.3 Å². The number of rotatable bonds is 4. The van der Waals surface area contributed by atoms with E-state index in [9.17, 15) is 9.59 Å². The van der Waals surface area contributed by atoms with E-state index in [2.05, 4.69) is 30.5 Å². The zero-order valence-electron chi connectivity index (χ0n) is 14.1. The Hall–Kier alpha value is -1.84. The maximum atomic E-state index is 12.3. The van der Waals surface area contributed by atoms with Crippen molar-refractivity contribution >= 4 is 17.5 Å². The van der Waals surface area contributed by atoms with E-state index in [1.54, 1.807) is 0 Å². The number of hydrogen-bond acceptors (Lipinski definition) is 2. The molecule has 0 aliphatic heterocycles. The molecule has 0 radical (unpaired) electrons. The van der Waals surface area contributed by atoms with Crippen LogP contribution in [0, 0.1) is 25.2 Å². The highest BCUT2D eigenvalue weighted by molar-refractivity contribution is 5.91. The minimum atomic E-state index is -0.0364. The van der Waals surface area contributed by atoms with Gasteiger partial charge in [-0.2, -0.15) is 0 Å². The highest BCUT2D eigenvalue weighted by Gasteiger charge is 2.48. The summed E-state index contributed by atoms with van der Waals surface area (Å²) in [5, 5.41) is 5.97. The van der Waals surface area contributed by atoms with Gasteiger partial charge in [0.25, 0.3) is 0 Å². The van der Waals surface area contributed by atoms with E-state index in [-0.39, 0.29) is 23.3 Å². The van der Waals surface area contributed by atoms with E-state index in [4.69, 9.17) is 0 Å². The van der Waals surface area contributed by atoms with Crippen LogP contribution in [0.3, 0.4) is 0 Å². The first kappa shape index (κ1) is 16.5. The molecule has 0 spiro atoms. The molecule has 0 aromatic heterocycles. The number of hydrogen-bond donors (Lipinski definition) is 2. The molecule has 22 heavy (non-hydrogen) atoms. The Morgan fingerprint density at radius 3 is 2.50 bits per heavy atom. The van der Waals surface area contributed by atoms with E-state index in [0.717, 1.165) is 17.7 Å². The Labute approximate surface area is 132 Å². The molecule has 4 heteroatoms. The maximum Gasteiger partial charge on any atom is 0.224 e. The van der Waals surface area contributed by atoms with Crippen LogP contribution in [-0.2, 0) is 9.59 Å². The number of carbonyl (C=O) groups is 2. The van der Waals surface area contributed by atoms with E-state index in [1.807, 2.05) is 26.0 Å². The largest absolute Gasteiger partial charge is 0.353 e. The molecule has 1 aromatic carbocycles. The standard InChI is InChI=1S/C18H26N2O2/c1-11-6-7-15(12(2)8-11)20-17(22)10-14-9-16(18(14,4)5)19-13(3)21/h6-8,14,16H,9-10H2,1-5H3,(H,19,21)(H,20,22). The summed E-state index contributed by atoms with van der Waals surface area (Å²) in [5.41, 5.74) is 3.11. The molecule has 1 aliphatic rings. The lowest BCUT2D eigenvalue weighted by molar-refractivity contribution is -0.125. The third-order valence-corrected chi connectivity index (χ3v) is 4.94. The molecule has 4 nitrogen and oxygen atoms in total. The van der Waals surface area contributed by atoms with Crippen molar-refractivity contribution in [3.05, 3.63) is 29.3 Å². The zero-order valence-corrected chi connectivity index (χ0v) is 14.1. The second-order valence-corrected chi connectivity index (χ2v) is 7.08. The van der Waals surface area contributed by atoms with Crippen molar-refractivity contribution in [1.82, 2.24) is 5.32 Å². The first-order chi connectivity index (χ1) is 10.2. The average molecular weight is 302 g/mol. The third-order valence-electron chi connectivity index (χ3n) is 4.94. The summed E-state index contributed by atoms with van der Waals surface area (Å²) < 4.78 is 0. The predicted octanol–water partition coefficient (Wildman–Crippen LogP) is 3.18. The molecule has 2 unspecified atom stereocenters. The van der Waals surface area contributed by atoms with Crippen LogP contribution in [0.4, 0.5) is 5.69 Å². The molecule has 120 valence electrons. The Morgan fingerprint density at radius 2 is 1.95 bits per heavy atom. The van der Waals surface area contributed by atoms with E-state index in [0.29, 0.717) is 12.3 Å². The van der Waals surface area contributed by atoms with Crippen LogP contribution in [0.15, 0.2) is 18.2 Å². The lowest BCUT2D eigenvalue weighted by atomic mass is 9.57. The minimum absolute atomic E-state index is 0.00347. The van der Waals surface area contributed by atoms with Crippen molar-refractivity contribution in [1.29, 1.82) is 0 Å². The van der Waals surface area contributed by atoms with Crippen molar-refractivity contribution in [2.45, 2.75) is 53.5 Å². The second-order valence-electron chi connectivity index (χ2n) is 7.08. The molecule has 0 saturated heterocycles. The number of anilines is 1. The molecule has 2 N–H and O–H groups in total. The fraction of sp³-hybridized carbons (Fsp3) is 0.556. The summed E-state index contributed by atoms with van der Waals surface area (Å²) in [6, 6.07) is 6.19. The predicted molar refractivity (Wildman–Crippen MR) is 88.7 cm³/mol. The van der Waals surface area contributed by atoms with Crippen molar-refractivity contribution in [2.75, 3.05) is 5.32 Å². The van der Waals surface area contributed by atoms with E-state index >= 15 is 0 Å². The fourth-order valence-corrected chi connectivity index (χ4v) is 3.23. The van der Waals surface area contributed by atoms with Crippen LogP contribution in [0.25, 0.3) is 0 Å². The summed E-state index contributed by atoms with van der Waals surface area (Å²) >= 11 is 0. The van der Waals surface area contributed by atoms with Gasteiger partial charge in [0.15, 0.2) is 0 Å². The number of benzene rings is 1. The summed E-state index contributed by atoms with van der Waals surface area (Å²) in [4.78, 5) is 23.5. The van der Waals surface area contributed by atoms with Gasteiger partial charge in [-0.05, 0) is 43.2 Å². The molecule has 1 saturated carbocycles. The van der Waals surface area contributed by atoms with Crippen molar-refractivity contribution in [3.8, 4) is 0 Å². The third kappa shape index (κ3) is 3.49. The topological polar surface area (TPSA) is 58.2 Å². The molecule has 2 atom stereocenters. The van der Waals surface area contributed by atoms with E-state index in [1.165, 1.54) is 12.5 Å². The van der Waals surface area contributed by atoms with Gasteiger partial charge in [-0.25, -0.2) is 0 Å². The van der Waals surface area contributed by atoms with Crippen molar-refractivity contribution < 1.29 is 9.59 Å². The van der Waals surface area contributed by atoms with Gasteiger partial charge in [0.1, 0.15) is 0 Å². The molecule has 2 rings (SSSR count). The van der Waals surface area contributed by atoms with Gasteiger partial charge in [0.2, 0.25) is 11.8 Å². The monoisotopic (exact) mass is 302 g/mol. The van der Waals surface area contributed by atoms with Gasteiger partial charge in [0, 0.05) is 25.1 Å². The van der Waals surface area contributed by atoms with Crippen LogP contribution >= 0.6 is 0 Å². The Bertz CT molecular complexity index is 593. The van der Waals surface area contributed by atoms with E-state index < -0.39 is 0 Å². The molecule has 0 bridgehead atoms. The average Bonchev–Trinajstić information content (AvgIpc) is 2.40. The maximum absolute atomic E-state index is 12.3. The van der Waals surface area contributed by atoms with Crippen LogP contribution < -0.4 is 10.6 Å². The molecule has 1 aliphatic carbocycles. The highest BCUT2D eigenvalue weighted by Crippen LogP contribution is 2.48. The summed E-state index contributed by atoms with van der Waals surface area (Å²) in [6.07, 6.45) is 1.36. The fourth-order valence-electron chi connectivity index (χ4n) is 3.23. The van der Waals surface area contributed by atoms with Crippen LogP contribution in [-0.4, -0.2) is 17.9 Å². The quantitative estimate of drug-likeness (QED) is 0.897. The highest BCUT2D eigenvalue weighted by atomic mass is 16.2. The van der Waals surface area contributed by atoms with Gasteiger partial charge in [-0.3, -0.25) is 9.59 Å². The first-order valence-corrected chi connectivity index (χ1v) is 7.84. The molecule has 2 amide bonds. The summed E-state index contributed by atoms with van der Waals surface area (Å²) in [5.74, 6) is 0.345. The number of amides is 2. The normalized spacial score (nSPS) is 22.6.